The molecular weight excluding hydrogens is 493 g/mol. The molecule has 0 radical (unpaired) electrons. The number of aliphatic imine (C=N–C) groups is 1. The number of likely N-dealkylation sites (N-methyl/N-ethyl adjacent to an activating group) is 1. The summed E-state index contributed by atoms with van der Waals surface area (Å²) in [7, 11) is 1.86. The second-order valence-electron chi connectivity index (χ2n) is 9.69. The van der Waals surface area contributed by atoms with E-state index in [0.29, 0.717) is 48.0 Å². The van der Waals surface area contributed by atoms with Crippen molar-refractivity contribution in [3.05, 3.63) is 71.6 Å². The van der Waals surface area contributed by atoms with Crippen molar-refractivity contribution < 1.29 is 22.6 Å². The van der Waals surface area contributed by atoms with Crippen LogP contribution in [0.5, 0.6) is 5.75 Å². The van der Waals surface area contributed by atoms with E-state index < -0.39 is 12.4 Å². The van der Waals surface area contributed by atoms with Gasteiger partial charge in [-0.05, 0) is 49.9 Å². The summed E-state index contributed by atoms with van der Waals surface area (Å²) >= 11 is 0. The minimum absolute atomic E-state index is 0.107. The highest BCUT2D eigenvalue weighted by molar-refractivity contribution is 5.83. The van der Waals surface area contributed by atoms with Gasteiger partial charge in [0.05, 0.1) is 5.69 Å². The van der Waals surface area contributed by atoms with Crippen molar-refractivity contribution in [3.8, 4) is 16.9 Å². The maximum Gasteiger partial charge on any atom is 0.387 e. The van der Waals surface area contributed by atoms with Gasteiger partial charge in [-0.15, -0.1) is 0 Å². The second kappa shape index (κ2) is 12.4. The number of benzene rings is 2. The van der Waals surface area contributed by atoms with Crippen molar-refractivity contribution in [2.45, 2.75) is 52.1 Å². The number of nitrogens with zero attached hydrogens (tertiary/aromatic N) is 4. The largest absolute Gasteiger partial charge is 0.435 e. The minimum Gasteiger partial charge on any atom is -0.435 e. The second-order valence-corrected chi connectivity index (χ2v) is 9.69. The van der Waals surface area contributed by atoms with E-state index in [9.17, 15) is 8.78 Å². The zero-order chi connectivity index (χ0) is 27.2. The summed E-state index contributed by atoms with van der Waals surface area (Å²) < 4.78 is 50.9. The molecule has 1 fully saturated rings. The molecule has 1 aromatic heterocycles. The molecule has 1 aliphatic rings. The van der Waals surface area contributed by atoms with Gasteiger partial charge in [0.2, 0.25) is 0 Å². The van der Waals surface area contributed by atoms with E-state index in [4.69, 9.17) is 4.74 Å². The fourth-order valence-electron chi connectivity index (χ4n) is 4.65. The van der Waals surface area contributed by atoms with Crippen molar-refractivity contribution in [1.29, 1.82) is 0 Å². The third kappa shape index (κ3) is 6.69. The van der Waals surface area contributed by atoms with E-state index >= 15 is 4.39 Å². The number of alkyl halides is 2. The monoisotopic (exact) mass is 526 g/mol. The van der Waals surface area contributed by atoms with Gasteiger partial charge in [0.1, 0.15) is 23.2 Å². The fraction of sp³-hybridized carbons (Fsp3) is 0.414. The van der Waals surface area contributed by atoms with Crippen LogP contribution in [0.2, 0.25) is 0 Å². The van der Waals surface area contributed by atoms with Crippen LogP contribution in [-0.4, -0.2) is 54.1 Å². The Bertz CT molecular complexity index is 1260. The lowest BCUT2D eigenvalue weighted by Crippen LogP contribution is -2.28. The van der Waals surface area contributed by atoms with E-state index in [2.05, 4.69) is 19.7 Å². The van der Waals surface area contributed by atoms with Crippen LogP contribution in [0.1, 0.15) is 55.5 Å². The highest BCUT2D eigenvalue weighted by Crippen LogP contribution is 2.32. The van der Waals surface area contributed by atoms with Crippen LogP contribution >= 0.6 is 0 Å². The molecule has 202 valence electrons. The smallest absolute Gasteiger partial charge is 0.387 e. The van der Waals surface area contributed by atoms with Gasteiger partial charge in [0, 0.05) is 68.2 Å². The zero-order valence-corrected chi connectivity index (χ0v) is 22.1. The summed E-state index contributed by atoms with van der Waals surface area (Å²) in [6.07, 6.45) is 5.13. The number of aromatic nitrogens is 2. The Morgan fingerprint density at radius 2 is 1.84 bits per heavy atom. The Labute approximate surface area is 221 Å². The van der Waals surface area contributed by atoms with Crippen molar-refractivity contribution >= 4 is 11.5 Å². The highest BCUT2D eigenvalue weighted by atomic mass is 19.3. The summed E-state index contributed by atoms with van der Waals surface area (Å²) in [6.45, 7) is 4.69. The molecule has 9 heteroatoms. The molecule has 1 unspecified atom stereocenters. The van der Waals surface area contributed by atoms with Crippen LogP contribution in [0.3, 0.4) is 0 Å². The Kier molecular flexibility index (Phi) is 8.99. The van der Waals surface area contributed by atoms with Crippen LogP contribution in [0.25, 0.3) is 11.1 Å². The predicted octanol–water partition coefficient (Wildman–Crippen LogP) is 6.87. The average molecular weight is 527 g/mol. The van der Waals surface area contributed by atoms with Crippen molar-refractivity contribution in [2.75, 3.05) is 26.8 Å². The lowest BCUT2D eigenvalue weighted by molar-refractivity contribution is -0.0506. The number of halogens is 3. The topological polar surface area (TPSA) is 59.8 Å². The number of rotatable bonds is 8. The Balaban J connectivity index is 1.48. The quantitative estimate of drug-likeness (QED) is 0.237. The Morgan fingerprint density at radius 1 is 1.16 bits per heavy atom. The van der Waals surface area contributed by atoms with Crippen LogP contribution in [-0.2, 0) is 4.74 Å². The number of ether oxygens (including phenoxy) is 2. The van der Waals surface area contributed by atoms with Crippen LogP contribution in [0, 0.1) is 12.7 Å². The van der Waals surface area contributed by atoms with Gasteiger partial charge in [-0.2, -0.15) is 8.78 Å². The maximum atomic E-state index is 15.2. The van der Waals surface area contributed by atoms with Crippen LogP contribution in [0.4, 0.5) is 18.9 Å². The Morgan fingerprint density at radius 3 is 2.53 bits per heavy atom. The molecule has 1 aliphatic heterocycles. The van der Waals surface area contributed by atoms with Gasteiger partial charge in [-0.3, -0.25) is 0 Å². The molecule has 0 amide bonds. The number of hydrogen-bond donors (Lipinski definition) is 0. The van der Waals surface area contributed by atoms with Crippen molar-refractivity contribution in [2.24, 2.45) is 4.99 Å². The predicted molar refractivity (Wildman–Crippen MR) is 142 cm³/mol. The van der Waals surface area contributed by atoms with Gasteiger partial charge < -0.3 is 14.4 Å². The highest BCUT2D eigenvalue weighted by Gasteiger charge is 2.20. The molecule has 0 aliphatic carbocycles. The van der Waals surface area contributed by atoms with Gasteiger partial charge >= 0.3 is 6.61 Å². The van der Waals surface area contributed by atoms with Crippen LogP contribution < -0.4 is 4.74 Å². The molecule has 0 N–H and O–H groups in total. The first-order valence-electron chi connectivity index (χ1n) is 12.7. The van der Waals surface area contributed by atoms with E-state index in [-0.39, 0.29) is 17.6 Å². The first-order valence-corrected chi connectivity index (χ1v) is 12.7. The van der Waals surface area contributed by atoms with E-state index in [1.165, 1.54) is 12.1 Å². The van der Waals surface area contributed by atoms with E-state index in [0.717, 1.165) is 24.2 Å². The molecule has 2 aromatic carbocycles. The fourth-order valence-corrected chi connectivity index (χ4v) is 4.65. The summed E-state index contributed by atoms with van der Waals surface area (Å²) in [5.41, 5.74) is 3.06. The molecule has 2 heterocycles. The molecule has 3 aromatic rings. The number of para-hydroxylation sites is 1. The lowest BCUT2D eigenvalue weighted by Gasteiger charge is -2.24. The third-order valence-corrected chi connectivity index (χ3v) is 6.90. The first-order chi connectivity index (χ1) is 18.2. The standard InChI is InChI=1S/C29H33F3N4O2/c1-18-13-24(22-15-33-28(34-16-22)21-9-11-37-12-10-21)25(30)14-26(18)35-20(3)36(4)17-19(2)23-7-5-6-8-27(23)38-29(31)32/h5-8,13-16,19,21,29H,9-12,17H2,1-4H3/b35-20+. The molecule has 1 atom stereocenters. The van der Waals surface area contributed by atoms with Gasteiger partial charge in [0.15, 0.2) is 0 Å². The average Bonchev–Trinajstić information content (AvgIpc) is 2.91. The van der Waals surface area contributed by atoms with Crippen molar-refractivity contribution in [1.82, 2.24) is 14.9 Å². The third-order valence-electron chi connectivity index (χ3n) is 6.90. The zero-order valence-electron chi connectivity index (χ0n) is 22.1. The molecule has 38 heavy (non-hydrogen) atoms. The number of aryl methyl sites for hydroxylation is 1. The SMILES string of the molecule is C/C(=N\c1cc(F)c(-c2cnc(C3CCOCC3)nc2)cc1C)N(C)CC(C)c1ccccc1OC(F)F. The van der Waals surface area contributed by atoms with Gasteiger partial charge in [-0.1, -0.05) is 25.1 Å². The number of hydrogen-bond acceptors (Lipinski definition) is 5. The summed E-state index contributed by atoms with van der Waals surface area (Å²) in [5, 5.41) is 0. The molecule has 4 rings (SSSR count). The van der Waals surface area contributed by atoms with Crippen molar-refractivity contribution in [3.63, 3.8) is 0 Å². The summed E-state index contributed by atoms with van der Waals surface area (Å²) in [6, 6.07) is 9.95. The molecular formula is C29H33F3N4O2. The first kappa shape index (κ1) is 27.6. The van der Waals surface area contributed by atoms with E-state index in [1.54, 1.807) is 36.7 Å². The van der Waals surface area contributed by atoms with E-state index in [1.807, 2.05) is 32.7 Å². The van der Waals surface area contributed by atoms with Gasteiger partial charge in [0.25, 0.3) is 0 Å². The summed E-state index contributed by atoms with van der Waals surface area (Å²) in [5.74, 6) is 1.36. The maximum absolute atomic E-state index is 15.2. The lowest BCUT2D eigenvalue weighted by atomic mass is 9.99. The van der Waals surface area contributed by atoms with Gasteiger partial charge in [-0.25, -0.2) is 19.4 Å². The molecule has 6 nitrogen and oxygen atoms in total. The molecule has 0 bridgehead atoms. The minimum atomic E-state index is -2.89. The number of amidine groups is 1. The molecule has 0 saturated carbocycles. The molecule has 0 spiro atoms. The molecule has 1 saturated heterocycles. The van der Waals surface area contributed by atoms with Crippen LogP contribution in [0.15, 0.2) is 53.8 Å². The Hall–Kier alpha value is -3.46. The normalized spacial score (nSPS) is 15.5. The summed E-state index contributed by atoms with van der Waals surface area (Å²) in [4.78, 5) is 15.6.